The molecular formula is C37H68O6. The van der Waals surface area contributed by atoms with Crippen molar-refractivity contribution < 1.29 is 28.6 Å². The molecule has 0 amide bonds. The topological polar surface area (TPSA) is 78.9 Å². The minimum atomic E-state index is -0.760. The minimum absolute atomic E-state index is 0.0712. The number of carbonyl (C=O) groups is 3. The minimum Gasteiger partial charge on any atom is -0.462 e. The third-order valence-electron chi connectivity index (χ3n) is 7.77. The number of allylic oxidation sites excluding steroid dienone is 2. The Bertz CT molecular complexity index is 674. The summed E-state index contributed by atoms with van der Waals surface area (Å²) < 4.78 is 16.5. The van der Waals surface area contributed by atoms with E-state index in [1.54, 1.807) is 0 Å². The molecule has 0 saturated heterocycles. The van der Waals surface area contributed by atoms with Crippen LogP contribution in [0.15, 0.2) is 12.2 Å². The molecule has 0 aliphatic rings. The Morgan fingerprint density at radius 3 is 1.23 bits per heavy atom. The van der Waals surface area contributed by atoms with Crippen LogP contribution in [-0.2, 0) is 28.6 Å². The van der Waals surface area contributed by atoms with Crippen LogP contribution in [0.5, 0.6) is 0 Å². The molecule has 0 bridgehead atoms. The van der Waals surface area contributed by atoms with Crippen molar-refractivity contribution in [3.8, 4) is 0 Å². The average molecular weight is 609 g/mol. The molecule has 43 heavy (non-hydrogen) atoms. The maximum Gasteiger partial charge on any atom is 0.306 e. The van der Waals surface area contributed by atoms with E-state index in [0.717, 1.165) is 64.2 Å². The number of unbranched alkanes of at least 4 members (excludes halogenated alkanes) is 19. The number of carbonyl (C=O) groups excluding carboxylic acids is 3. The molecule has 0 aliphatic carbocycles. The SMILES string of the molecule is CCCC/C=C\CCCCCCCC(=O)OCC(COC(=O)CCCCCCCCC)OC(=O)CCCCCCCCC. The first-order valence-corrected chi connectivity index (χ1v) is 18.2. The average Bonchev–Trinajstić information content (AvgIpc) is 3.00. The summed E-state index contributed by atoms with van der Waals surface area (Å²) in [5, 5.41) is 0. The maximum atomic E-state index is 12.5. The summed E-state index contributed by atoms with van der Waals surface area (Å²) in [4.78, 5) is 37.1. The second kappa shape index (κ2) is 33.1. The first-order valence-electron chi connectivity index (χ1n) is 18.2. The molecule has 0 saturated carbocycles. The van der Waals surface area contributed by atoms with Crippen LogP contribution in [0, 0.1) is 0 Å². The Kier molecular flexibility index (Phi) is 31.6. The lowest BCUT2D eigenvalue weighted by Crippen LogP contribution is -2.30. The van der Waals surface area contributed by atoms with E-state index in [4.69, 9.17) is 14.2 Å². The normalized spacial score (nSPS) is 12.0. The summed E-state index contributed by atoms with van der Waals surface area (Å²) in [7, 11) is 0. The van der Waals surface area contributed by atoms with Crippen molar-refractivity contribution in [2.75, 3.05) is 13.2 Å². The highest BCUT2D eigenvalue weighted by Crippen LogP contribution is 2.12. The van der Waals surface area contributed by atoms with Gasteiger partial charge in [-0.15, -0.1) is 0 Å². The zero-order chi connectivity index (χ0) is 31.6. The van der Waals surface area contributed by atoms with Gasteiger partial charge in [0.05, 0.1) is 0 Å². The molecule has 0 aromatic heterocycles. The van der Waals surface area contributed by atoms with Gasteiger partial charge in [0.25, 0.3) is 0 Å². The molecule has 0 aromatic rings. The quantitative estimate of drug-likeness (QED) is 0.0327. The smallest absolute Gasteiger partial charge is 0.306 e. The van der Waals surface area contributed by atoms with Crippen LogP contribution >= 0.6 is 0 Å². The fraction of sp³-hybridized carbons (Fsp3) is 0.865. The lowest BCUT2D eigenvalue weighted by molar-refractivity contribution is -0.167. The summed E-state index contributed by atoms with van der Waals surface area (Å²) in [5.74, 6) is -0.899. The molecule has 0 aliphatic heterocycles. The van der Waals surface area contributed by atoms with E-state index in [-0.39, 0.29) is 31.1 Å². The van der Waals surface area contributed by atoms with Gasteiger partial charge in [-0.2, -0.15) is 0 Å². The van der Waals surface area contributed by atoms with E-state index in [9.17, 15) is 14.4 Å². The van der Waals surface area contributed by atoms with Crippen LogP contribution in [0.3, 0.4) is 0 Å². The largest absolute Gasteiger partial charge is 0.462 e. The second-order valence-electron chi connectivity index (χ2n) is 12.1. The Hall–Kier alpha value is -1.85. The van der Waals surface area contributed by atoms with Crippen molar-refractivity contribution in [3.63, 3.8) is 0 Å². The molecule has 6 nitrogen and oxygen atoms in total. The summed E-state index contributed by atoms with van der Waals surface area (Å²) in [6.07, 6.45) is 30.7. The number of hydrogen-bond acceptors (Lipinski definition) is 6. The summed E-state index contributed by atoms with van der Waals surface area (Å²) in [5.41, 5.74) is 0. The van der Waals surface area contributed by atoms with Crippen molar-refractivity contribution in [3.05, 3.63) is 12.2 Å². The third-order valence-corrected chi connectivity index (χ3v) is 7.77. The van der Waals surface area contributed by atoms with E-state index in [1.807, 2.05) is 0 Å². The Balaban J connectivity index is 4.33. The number of hydrogen-bond donors (Lipinski definition) is 0. The predicted octanol–water partition coefficient (Wildman–Crippen LogP) is 10.7. The standard InChI is InChI=1S/C37H68O6/c1-4-7-10-13-16-17-18-19-22-24-27-30-36(39)42-33-34(43-37(40)31-28-25-21-15-12-9-6-3)32-41-35(38)29-26-23-20-14-11-8-5-2/h13,16,34H,4-12,14-15,17-33H2,1-3H3/b16-13-. The molecule has 6 heteroatoms. The molecule has 0 N–H and O–H groups in total. The second-order valence-corrected chi connectivity index (χ2v) is 12.1. The Morgan fingerprint density at radius 2 is 0.791 bits per heavy atom. The van der Waals surface area contributed by atoms with Crippen molar-refractivity contribution in [1.82, 2.24) is 0 Å². The van der Waals surface area contributed by atoms with Crippen LogP contribution in [0.4, 0.5) is 0 Å². The van der Waals surface area contributed by atoms with E-state index >= 15 is 0 Å². The van der Waals surface area contributed by atoms with Gasteiger partial charge in [0.1, 0.15) is 13.2 Å². The van der Waals surface area contributed by atoms with Gasteiger partial charge in [-0.1, -0.05) is 142 Å². The fourth-order valence-electron chi connectivity index (χ4n) is 4.95. The molecule has 0 heterocycles. The molecule has 0 aromatic carbocycles. The summed E-state index contributed by atoms with van der Waals surface area (Å²) in [6, 6.07) is 0. The van der Waals surface area contributed by atoms with E-state index < -0.39 is 6.10 Å². The summed E-state index contributed by atoms with van der Waals surface area (Å²) >= 11 is 0. The van der Waals surface area contributed by atoms with Gasteiger partial charge in [0.15, 0.2) is 6.10 Å². The van der Waals surface area contributed by atoms with Gasteiger partial charge in [-0.3, -0.25) is 14.4 Å². The lowest BCUT2D eigenvalue weighted by atomic mass is 10.1. The molecular weight excluding hydrogens is 540 g/mol. The zero-order valence-electron chi connectivity index (χ0n) is 28.5. The highest BCUT2D eigenvalue weighted by Gasteiger charge is 2.19. The maximum absolute atomic E-state index is 12.5. The van der Waals surface area contributed by atoms with Crippen LogP contribution in [0.25, 0.3) is 0 Å². The van der Waals surface area contributed by atoms with Gasteiger partial charge in [-0.05, 0) is 38.5 Å². The van der Waals surface area contributed by atoms with Crippen molar-refractivity contribution in [2.24, 2.45) is 0 Å². The third kappa shape index (κ3) is 31.4. The van der Waals surface area contributed by atoms with E-state index in [2.05, 4.69) is 32.9 Å². The first kappa shape index (κ1) is 41.1. The van der Waals surface area contributed by atoms with Crippen molar-refractivity contribution in [2.45, 2.75) is 194 Å². The van der Waals surface area contributed by atoms with Gasteiger partial charge in [-0.25, -0.2) is 0 Å². The Labute approximate surface area is 265 Å². The van der Waals surface area contributed by atoms with Gasteiger partial charge in [0.2, 0.25) is 0 Å². The van der Waals surface area contributed by atoms with Crippen LogP contribution in [-0.4, -0.2) is 37.2 Å². The van der Waals surface area contributed by atoms with Crippen LogP contribution < -0.4 is 0 Å². The van der Waals surface area contributed by atoms with E-state index in [0.29, 0.717) is 19.3 Å². The number of esters is 3. The number of ether oxygens (including phenoxy) is 3. The monoisotopic (exact) mass is 609 g/mol. The van der Waals surface area contributed by atoms with Crippen LogP contribution in [0.1, 0.15) is 188 Å². The van der Waals surface area contributed by atoms with Gasteiger partial charge in [0, 0.05) is 19.3 Å². The molecule has 0 radical (unpaired) electrons. The molecule has 1 atom stereocenters. The van der Waals surface area contributed by atoms with Gasteiger partial charge < -0.3 is 14.2 Å². The van der Waals surface area contributed by atoms with Crippen LogP contribution in [0.2, 0.25) is 0 Å². The molecule has 0 rings (SSSR count). The first-order chi connectivity index (χ1) is 21.0. The highest BCUT2D eigenvalue weighted by atomic mass is 16.6. The molecule has 0 spiro atoms. The van der Waals surface area contributed by atoms with Crippen molar-refractivity contribution >= 4 is 17.9 Å². The predicted molar refractivity (Wildman–Crippen MR) is 178 cm³/mol. The Morgan fingerprint density at radius 1 is 0.442 bits per heavy atom. The molecule has 1 unspecified atom stereocenters. The van der Waals surface area contributed by atoms with Gasteiger partial charge >= 0.3 is 17.9 Å². The zero-order valence-corrected chi connectivity index (χ0v) is 28.5. The fourth-order valence-corrected chi connectivity index (χ4v) is 4.95. The summed E-state index contributed by atoms with van der Waals surface area (Å²) in [6.45, 7) is 6.47. The van der Waals surface area contributed by atoms with E-state index in [1.165, 1.54) is 83.5 Å². The lowest BCUT2D eigenvalue weighted by Gasteiger charge is -2.18. The van der Waals surface area contributed by atoms with Crippen molar-refractivity contribution in [1.29, 1.82) is 0 Å². The highest BCUT2D eigenvalue weighted by molar-refractivity contribution is 5.71. The molecule has 252 valence electrons. The molecule has 0 fully saturated rings. The number of rotatable bonds is 32.